The number of nitrogens with one attached hydrogen (secondary N) is 2. The Bertz CT molecular complexity index is 726. The Morgan fingerprint density at radius 2 is 1.88 bits per heavy atom. The number of amides is 1. The number of hydrogen-bond acceptors (Lipinski definition) is 4. The second-order valence-corrected chi connectivity index (χ2v) is 6.72. The van der Waals surface area contributed by atoms with Gasteiger partial charge < -0.3 is 15.1 Å². The zero-order valence-electron chi connectivity index (χ0n) is 15.1. The summed E-state index contributed by atoms with van der Waals surface area (Å²) < 4.78 is 0. The minimum absolute atomic E-state index is 0.0753. The predicted molar refractivity (Wildman–Crippen MR) is 98.9 cm³/mol. The molecule has 0 aliphatic carbocycles. The summed E-state index contributed by atoms with van der Waals surface area (Å²) in [5.41, 5.74) is 3.20. The molecule has 0 saturated carbocycles. The molecule has 2 aromatic rings. The number of benzene rings is 1. The molecule has 0 spiro atoms. The van der Waals surface area contributed by atoms with E-state index in [2.05, 4.69) is 33.2 Å². The summed E-state index contributed by atoms with van der Waals surface area (Å²) in [4.78, 5) is 24.7. The Labute approximate surface area is 148 Å². The SMILES string of the molecule is Cc1ccc(NC(=O)[C@H](C)[NH+]2CCN(c3ncccn3)CC2)c(C)c1. The van der Waals surface area contributed by atoms with E-state index in [1.165, 1.54) is 10.5 Å². The molecule has 25 heavy (non-hydrogen) atoms. The van der Waals surface area contributed by atoms with Crippen LogP contribution >= 0.6 is 0 Å². The molecule has 1 aromatic carbocycles. The smallest absolute Gasteiger partial charge is 0.282 e. The van der Waals surface area contributed by atoms with E-state index in [1.807, 2.05) is 32.0 Å². The van der Waals surface area contributed by atoms with E-state index >= 15 is 0 Å². The Morgan fingerprint density at radius 1 is 1.20 bits per heavy atom. The molecule has 0 bridgehead atoms. The molecule has 1 atom stereocenters. The van der Waals surface area contributed by atoms with Crippen LogP contribution in [0.1, 0.15) is 18.1 Å². The van der Waals surface area contributed by atoms with Gasteiger partial charge in [0, 0.05) is 18.1 Å². The lowest BCUT2D eigenvalue weighted by Gasteiger charge is -2.34. The van der Waals surface area contributed by atoms with E-state index in [0.717, 1.165) is 43.4 Å². The molecule has 2 N–H and O–H groups in total. The molecule has 0 radical (unpaired) electrons. The zero-order valence-corrected chi connectivity index (χ0v) is 15.1. The highest BCUT2D eigenvalue weighted by atomic mass is 16.2. The topological polar surface area (TPSA) is 62.6 Å². The highest BCUT2D eigenvalue weighted by Gasteiger charge is 2.30. The Hall–Kier alpha value is -2.47. The van der Waals surface area contributed by atoms with Crippen LogP contribution < -0.4 is 15.1 Å². The number of nitrogens with zero attached hydrogens (tertiary/aromatic N) is 3. The molecule has 1 fully saturated rings. The van der Waals surface area contributed by atoms with Crippen molar-refractivity contribution in [2.75, 3.05) is 36.4 Å². The third-order valence-electron chi connectivity index (χ3n) is 4.89. The number of rotatable bonds is 4. The molecule has 6 heteroatoms. The average Bonchev–Trinajstić information content (AvgIpc) is 2.64. The van der Waals surface area contributed by atoms with Crippen LogP contribution in [0.4, 0.5) is 11.6 Å². The van der Waals surface area contributed by atoms with Gasteiger partial charge in [0.15, 0.2) is 6.04 Å². The van der Waals surface area contributed by atoms with Crippen molar-refractivity contribution in [2.45, 2.75) is 26.8 Å². The van der Waals surface area contributed by atoms with Crippen molar-refractivity contribution in [3.8, 4) is 0 Å². The fraction of sp³-hybridized carbons (Fsp3) is 0.421. The van der Waals surface area contributed by atoms with Crippen molar-refractivity contribution in [1.29, 1.82) is 0 Å². The van der Waals surface area contributed by atoms with Gasteiger partial charge in [0.25, 0.3) is 5.91 Å². The minimum atomic E-state index is -0.0838. The highest BCUT2D eigenvalue weighted by molar-refractivity contribution is 5.94. The van der Waals surface area contributed by atoms with Crippen LogP contribution in [0.2, 0.25) is 0 Å². The second-order valence-electron chi connectivity index (χ2n) is 6.72. The van der Waals surface area contributed by atoms with Gasteiger partial charge in [0.1, 0.15) is 0 Å². The standard InChI is InChI=1S/C19H25N5O/c1-14-5-6-17(15(2)13-14)22-18(25)16(3)23-9-11-24(12-10-23)19-20-7-4-8-21-19/h4-8,13,16H,9-12H2,1-3H3,(H,22,25)/p+1/t16-/m0/s1. The molecule has 1 aliphatic rings. The van der Waals surface area contributed by atoms with Crippen LogP contribution in [-0.4, -0.2) is 48.1 Å². The highest BCUT2D eigenvalue weighted by Crippen LogP contribution is 2.16. The molecule has 132 valence electrons. The minimum Gasteiger partial charge on any atom is -0.330 e. The normalized spacial score (nSPS) is 16.5. The Balaban J connectivity index is 1.56. The van der Waals surface area contributed by atoms with Crippen molar-refractivity contribution in [1.82, 2.24) is 9.97 Å². The van der Waals surface area contributed by atoms with Crippen molar-refractivity contribution < 1.29 is 9.69 Å². The van der Waals surface area contributed by atoms with Gasteiger partial charge in [-0.2, -0.15) is 0 Å². The molecular weight excluding hydrogens is 314 g/mol. The molecule has 3 rings (SSSR count). The van der Waals surface area contributed by atoms with Gasteiger partial charge in [-0.25, -0.2) is 9.97 Å². The number of aromatic nitrogens is 2. The van der Waals surface area contributed by atoms with Crippen molar-refractivity contribution in [2.24, 2.45) is 0 Å². The number of piperazine rings is 1. The van der Waals surface area contributed by atoms with Gasteiger partial charge in [-0.05, 0) is 38.5 Å². The number of carbonyl (C=O) groups excluding carboxylic acids is 1. The molecule has 1 aliphatic heterocycles. The van der Waals surface area contributed by atoms with E-state index in [4.69, 9.17) is 0 Å². The summed E-state index contributed by atoms with van der Waals surface area (Å²) in [5.74, 6) is 0.847. The molecule has 0 unspecified atom stereocenters. The second kappa shape index (κ2) is 7.61. The van der Waals surface area contributed by atoms with Gasteiger partial charge in [-0.15, -0.1) is 0 Å². The third-order valence-corrected chi connectivity index (χ3v) is 4.89. The summed E-state index contributed by atoms with van der Waals surface area (Å²) in [5, 5.41) is 3.08. The van der Waals surface area contributed by atoms with Gasteiger partial charge in [-0.1, -0.05) is 17.7 Å². The number of aryl methyl sites for hydroxylation is 2. The first-order chi connectivity index (χ1) is 12.0. The predicted octanol–water partition coefficient (Wildman–Crippen LogP) is 0.826. The summed E-state index contributed by atoms with van der Waals surface area (Å²) in [6.45, 7) is 9.61. The molecular formula is C19H26N5O+. The maximum absolute atomic E-state index is 12.6. The van der Waals surface area contributed by atoms with E-state index in [-0.39, 0.29) is 11.9 Å². The lowest BCUT2D eigenvalue weighted by Crippen LogP contribution is -3.19. The quantitative estimate of drug-likeness (QED) is 0.865. The van der Waals surface area contributed by atoms with Gasteiger partial charge in [0.2, 0.25) is 5.95 Å². The van der Waals surface area contributed by atoms with Crippen molar-refractivity contribution >= 4 is 17.5 Å². The Kier molecular flexibility index (Phi) is 5.28. The Morgan fingerprint density at radius 3 is 2.52 bits per heavy atom. The van der Waals surface area contributed by atoms with E-state index in [9.17, 15) is 4.79 Å². The first-order valence-electron chi connectivity index (χ1n) is 8.79. The fourth-order valence-corrected chi connectivity index (χ4v) is 3.26. The molecule has 1 amide bonds. The van der Waals surface area contributed by atoms with Crippen molar-refractivity contribution in [3.63, 3.8) is 0 Å². The number of hydrogen-bond donors (Lipinski definition) is 2. The monoisotopic (exact) mass is 340 g/mol. The first kappa shape index (κ1) is 17.4. The summed E-state index contributed by atoms with van der Waals surface area (Å²) in [7, 11) is 0. The number of carbonyl (C=O) groups is 1. The van der Waals surface area contributed by atoms with Gasteiger partial charge in [-0.3, -0.25) is 4.79 Å². The zero-order chi connectivity index (χ0) is 17.8. The third kappa shape index (κ3) is 4.14. The van der Waals surface area contributed by atoms with Crippen LogP contribution in [0.5, 0.6) is 0 Å². The van der Waals surface area contributed by atoms with Crippen LogP contribution in [0.3, 0.4) is 0 Å². The first-order valence-corrected chi connectivity index (χ1v) is 8.79. The molecule has 1 saturated heterocycles. The average molecular weight is 340 g/mol. The van der Waals surface area contributed by atoms with Crippen LogP contribution in [0.15, 0.2) is 36.7 Å². The number of quaternary nitrogens is 1. The summed E-state index contributed by atoms with van der Waals surface area (Å²) in [6.07, 6.45) is 3.53. The summed E-state index contributed by atoms with van der Waals surface area (Å²) in [6, 6.07) is 7.84. The van der Waals surface area contributed by atoms with Gasteiger partial charge >= 0.3 is 0 Å². The molecule has 2 heterocycles. The fourth-order valence-electron chi connectivity index (χ4n) is 3.26. The maximum Gasteiger partial charge on any atom is 0.282 e. The maximum atomic E-state index is 12.6. The van der Waals surface area contributed by atoms with Gasteiger partial charge in [0.05, 0.1) is 26.2 Å². The van der Waals surface area contributed by atoms with Crippen LogP contribution in [0.25, 0.3) is 0 Å². The van der Waals surface area contributed by atoms with E-state index in [0.29, 0.717) is 0 Å². The van der Waals surface area contributed by atoms with E-state index < -0.39 is 0 Å². The van der Waals surface area contributed by atoms with Crippen LogP contribution in [0, 0.1) is 13.8 Å². The molecule has 6 nitrogen and oxygen atoms in total. The summed E-state index contributed by atoms with van der Waals surface area (Å²) >= 11 is 0. The molecule has 1 aromatic heterocycles. The lowest BCUT2D eigenvalue weighted by molar-refractivity contribution is -0.914. The largest absolute Gasteiger partial charge is 0.330 e. The number of anilines is 2. The van der Waals surface area contributed by atoms with E-state index in [1.54, 1.807) is 12.4 Å². The lowest BCUT2D eigenvalue weighted by atomic mass is 10.1. The van der Waals surface area contributed by atoms with Crippen molar-refractivity contribution in [3.05, 3.63) is 47.8 Å². The van der Waals surface area contributed by atoms with Crippen LogP contribution in [-0.2, 0) is 4.79 Å².